The summed E-state index contributed by atoms with van der Waals surface area (Å²) in [6.07, 6.45) is 1.50. The lowest BCUT2D eigenvalue weighted by molar-refractivity contribution is 0.0679. The molecular formula is C19H22ClN3O3S2. The van der Waals surface area contributed by atoms with Gasteiger partial charge < -0.3 is 20.2 Å². The molecule has 0 aromatic carbocycles. The van der Waals surface area contributed by atoms with Crippen LogP contribution in [0, 0.1) is 0 Å². The second-order valence-electron chi connectivity index (χ2n) is 7.35. The molecule has 150 valence electrons. The maximum absolute atomic E-state index is 13.1. The predicted octanol–water partition coefficient (Wildman–Crippen LogP) is 2.46. The molecule has 1 saturated heterocycles. The number of amides is 2. The number of nitrogens with zero attached hydrogens (tertiary/aromatic N) is 2. The maximum Gasteiger partial charge on any atom is 0.264 e. The van der Waals surface area contributed by atoms with E-state index in [0.717, 1.165) is 24.4 Å². The van der Waals surface area contributed by atoms with Gasteiger partial charge in [-0.1, -0.05) is 11.6 Å². The fourth-order valence-electron chi connectivity index (χ4n) is 3.83. The number of likely N-dealkylation sites (tertiary alicyclic amines) is 1. The number of hydrogen-bond donors (Lipinski definition) is 2. The van der Waals surface area contributed by atoms with Crippen molar-refractivity contribution in [2.24, 2.45) is 0 Å². The molecule has 1 fully saturated rings. The van der Waals surface area contributed by atoms with E-state index in [1.54, 1.807) is 28.4 Å². The van der Waals surface area contributed by atoms with Gasteiger partial charge in [-0.2, -0.15) is 0 Å². The SMILES string of the molecule is CN1CCc2cc(C(=O)N3C[C@H](NC(=O)c4ccc(Cl)s4)C[C@H]3CO)sc2C1. The van der Waals surface area contributed by atoms with Gasteiger partial charge in [-0.15, -0.1) is 22.7 Å². The molecule has 4 rings (SSSR count). The molecule has 2 amide bonds. The Kier molecular flexibility index (Phi) is 5.76. The second kappa shape index (κ2) is 8.12. The number of aliphatic hydroxyl groups is 1. The fourth-order valence-corrected chi connectivity index (χ4v) is 6.02. The van der Waals surface area contributed by atoms with Gasteiger partial charge in [0.1, 0.15) is 0 Å². The number of halogens is 1. The third kappa shape index (κ3) is 3.97. The molecule has 2 N–H and O–H groups in total. The van der Waals surface area contributed by atoms with E-state index in [-0.39, 0.29) is 30.5 Å². The Morgan fingerprint density at radius 2 is 2.14 bits per heavy atom. The Hall–Kier alpha value is -1.45. The molecule has 2 aliphatic rings. The van der Waals surface area contributed by atoms with E-state index in [0.29, 0.717) is 22.2 Å². The molecular weight excluding hydrogens is 418 g/mol. The molecule has 2 aromatic heterocycles. The lowest BCUT2D eigenvalue weighted by Gasteiger charge is -2.22. The summed E-state index contributed by atoms with van der Waals surface area (Å²) < 4.78 is 0.564. The van der Waals surface area contributed by atoms with Crippen LogP contribution in [0.4, 0.5) is 0 Å². The predicted molar refractivity (Wildman–Crippen MR) is 111 cm³/mol. The molecule has 6 nitrogen and oxygen atoms in total. The Bertz CT molecular complexity index is 897. The molecule has 28 heavy (non-hydrogen) atoms. The number of aliphatic hydroxyl groups excluding tert-OH is 1. The smallest absolute Gasteiger partial charge is 0.264 e. The van der Waals surface area contributed by atoms with Crippen molar-refractivity contribution in [2.75, 3.05) is 26.7 Å². The first-order valence-electron chi connectivity index (χ1n) is 9.22. The van der Waals surface area contributed by atoms with Crippen molar-refractivity contribution < 1.29 is 14.7 Å². The zero-order valence-electron chi connectivity index (χ0n) is 15.5. The van der Waals surface area contributed by atoms with Gasteiger partial charge in [0.25, 0.3) is 11.8 Å². The molecule has 2 aromatic rings. The Labute approximate surface area is 176 Å². The number of carbonyl (C=O) groups is 2. The number of rotatable bonds is 4. The summed E-state index contributed by atoms with van der Waals surface area (Å²) in [6.45, 7) is 2.16. The van der Waals surface area contributed by atoms with Crippen LogP contribution in [-0.4, -0.2) is 65.5 Å². The van der Waals surface area contributed by atoms with Gasteiger partial charge in [0.05, 0.1) is 26.7 Å². The number of hydrogen-bond acceptors (Lipinski definition) is 6. The zero-order chi connectivity index (χ0) is 19.8. The highest BCUT2D eigenvalue weighted by atomic mass is 35.5. The van der Waals surface area contributed by atoms with E-state index in [2.05, 4.69) is 17.3 Å². The largest absolute Gasteiger partial charge is 0.394 e. The van der Waals surface area contributed by atoms with Crippen LogP contribution in [0.5, 0.6) is 0 Å². The molecule has 9 heteroatoms. The monoisotopic (exact) mass is 439 g/mol. The van der Waals surface area contributed by atoms with E-state index < -0.39 is 0 Å². The standard InChI is InChI=1S/C19H22ClN3O3S2/c1-22-5-4-11-6-15(27-16(11)9-22)19(26)23-8-12(7-13(23)10-24)21-18(25)14-2-3-17(20)28-14/h2-3,6,12-13,24H,4-5,7-10H2,1H3,(H,21,25)/t12-,13+/m1/s1. The van der Waals surface area contributed by atoms with Crippen molar-refractivity contribution >= 4 is 46.1 Å². The van der Waals surface area contributed by atoms with Gasteiger partial charge in [-0.3, -0.25) is 9.59 Å². The lowest BCUT2D eigenvalue weighted by atomic mass is 10.1. The molecule has 2 aliphatic heterocycles. The third-order valence-corrected chi connectivity index (χ3v) is 7.68. The van der Waals surface area contributed by atoms with Crippen LogP contribution in [0.2, 0.25) is 4.34 Å². The van der Waals surface area contributed by atoms with Crippen molar-refractivity contribution in [1.82, 2.24) is 15.1 Å². The van der Waals surface area contributed by atoms with Gasteiger partial charge in [-0.05, 0) is 43.7 Å². The van der Waals surface area contributed by atoms with Gasteiger partial charge in [0, 0.05) is 30.6 Å². The minimum Gasteiger partial charge on any atom is -0.394 e. The highest BCUT2D eigenvalue weighted by Gasteiger charge is 2.37. The summed E-state index contributed by atoms with van der Waals surface area (Å²) in [5.41, 5.74) is 1.26. The number of likely N-dealkylation sites (N-methyl/N-ethyl adjacent to an activating group) is 1. The minimum absolute atomic E-state index is 0.0583. The number of thiophene rings is 2. The molecule has 0 bridgehead atoms. The first-order chi connectivity index (χ1) is 13.4. The summed E-state index contributed by atoms with van der Waals surface area (Å²) in [7, 11) is 2.08. The van der Waals surface area contributed by atoms with E-state index >= 15 is 0 Å². The van der Waals surface area contributed by atoms with Crippen LogP contribution in [0.1, 0.15) is 36.2 Å². The van der Waals surface area contributed by atoms with Crippen molar-refractivity contribution in [3.8, 4) is 0 Å². The summed E-state index contributed by atoms with van der Waals surface area (Å²) in [4.78, 5) is 32.0. The number of nitrogens with one attached hydrogen (secondary N) is 1. The molecule has 4 heterocycles. The Balaban J connectivity index is 1.45. The molecule has 0 spiro atoms. The van der Waals surface area contributed by atoms with Crippen molar-refractivity contribution in [3.63, 3.8) is 0 Å². The van der Waals surface area contributed by atoms with E-state index in [1.807, 2.05) is 6.07 Å². The van der Waals surface area contributed by atoms with Crippen molar-refractivity contribution in [2.45, 2.75) is 31.5 Å². The van der Waals surface area contributed by atoms with Gasteiger partial charge in [0.15, 0.2) is 0 Å². The van der Waals surface area contributed by atoms with Crippen LogP contribution in [-0.2, 0) is 13.0 Å². The maximum atomic E-state index is 13.1. The molecule has 0 saturated carbocycles. The summed E-state index contributed by atoms with van der Waals surface area (Å²) in [5, 5.41) is 12.7. The van der Waals surface area contributed by atoms with Crippen LogP contribution < -0.4 is 5.32 Å². The topological polar surface area (TPSA) is 72.9 Å². The first kappa shape index (κ1) is 19.8. The van der Waals surface area contributed by atoms with Crippen LogP contribution in [0.3, 0.4) is 0 Å². The molecule has 0 aliphatic carbocycles. The second-order valence-corrected chi connectivity index (χ2v) is 10.2. The van der Waals surface area contributed by atoms with Gasteiger partial charge >= 0.3 is 0 Å². The van der Waals surface area contributed by atoms with E-state index in [1.165, 1.54) is 21.8 Å². The first-order valence-corrected chi connectivity index (χ1v) is 11.2. The summed E-state index contributed by atoms with van der Waals surface area (Å²) >= 11 is 8.67. The number of fused-ring (bicyclic) bond motifs is 1. The molecule has 2 atom stereocenters. The highest BCUT2D eigenvalue weighted by molar-refractivity contribution is 7.18. The summed E-state index contributed by atoms with van der Waals surface area (Å²) in [6, 6.07) is 4.92. The van der Waals surface area contributed by atoms with E-state index in [4.69, 9.17) is 11.6 Å². The van der Waals surface area contributed by atoms with E-state index in [9.17, 15) is 14.7 Å². The average Bonchev–Trinajstić information content (AvgIpc) is 3.38. The fraction of sp³-hybridized carbons (Fsp3) is 0.474. The van der Waals surface area contributed by atoms with Gasteiger partial charge in [0.2, 0.25) is 0 Å². The average molecular weight is 440 g/mol. The van der Waals surface area contributed by atoms with Gasteiger partial charge in [-0.25, -0.2) is 0 Å². The Morgan fingerprint density at radius 3 is 2.86 bits per heavy atom. The van der Waals surface area contributed by atoms with Crippen LogP contribution in [0.15, 0.2) is 18.2 Å². The quantitative estimate of drug-likeness (QED) is 0.767. The summed E-state index contributed by atoms with van der Waals surface area (Å²) in [5.74, 6) is -0.250. The molecule has 0 radical (unpaired) electrons. The van der Waals surface area contributed by atoms with Crippen molar-refractivity contribution in [3.05, 3.63) is 42.7 Å². The minimum atomic E-state index is -0.286. The normalized spacial score (nSPS) is 22.3. The zero-order valence-corrected chi connectivity index (χ0v) is 17.9. The van der Waals surface area contributed by atoms with Crippen LogP contribution >= 0.6 is 34.3 Å². The van der Waals surface area contributed by atoms with Crippen LogP contribution in [0.25, 0.3) is 0 Å². The molecule has 0 unspecified atom stereocenters. The Morgan fingerprint density at radius 1 is 1.32 bits per heavy atom. The lowest BCUT2D eigenvalue weighted by Crippen LogP contribution is -2.39. The highest BCUT2D eigenvalue weighted by Crippen LogP contribution is 2.30. The van der Waals surface area contributed by atoms with Crippen molar-refractivity contribution in [1.29, 1.82) is 0 Å². The third-order valence-electron chi connectivity index (χ3n) is 5.30. The number of carbonyl (C=O) groups excluding carboxylic acids is 2.